The number of primary amides is 1. The maximum Gasteiger partial charge on any atom is 0.255 e. The quantitative estimate of drug-likeness (QED) is 0.213. The van der Waals surface area contributed by atoms with Crippen molar-refractivity contribution in [2.75, 3.05) is 26.0 Å². The number of fused-ring (bicyclic) bond motifs is 3. The molecule has 0 aromatic heterocycles. The van der Waals surface area contributed by atoms with E-state index in [1.807, 2.05) is 0 Å². The molecule has 11 nitrogen and oxygen atoms in total. The van der Waals surface area contributed by atoms with E-state index in [0.717, 1.165) is 31.7 Å². The number of rotatable bonds is 8. The van der Waals surface area contributed by atoms with Gasteiger partial charge in [-0.3, -0.25) is 24.1 Å². The van der Waals surface area contributed by atoms with Gasteiger partial charge in [0.05, 0.1) is 29.3 Å². The third kappa shape index (κ3) is 5.39. The second-order valence-electron chi connectivity index (χ2n) is 13.3. The van der Waals surface area contributed by atoms with E-state index in [2.05, 4.69) is 10.6 Å². The normalized spacial score (nSPS) is 25.9. The molecule has 6 rings (SSSR count). The van der Waals surface area contributed by atoms with Gasteiger partial charge in [0.2, 0.25) is 5.91 Å². The van der Waals surface area contributed by atoms with Crippen LogP contribution in [-0.4, -0.2) is 71.2 Å². The number of carbonyl (C=O) groups is 4. The van der Waals surface area contributed by atoms with Crippen LogP contribution in [0.3, 0.4) is 0 Å². The minimum absolute atomic E-state index is 0.0212. The Bertz CT molecular complexity index is 1730. The fourth-order valence-corrected chi connectivity index (χ4v) is 7.97. The Kier molecular flexibility index (Phi) is 8.43. The van der Waals surface area contributed by atoms with E-state index in [9.17, 15) is 29.4 Å². The van der Waals surface area contributed by atoms with Gasteiger partial charge in [-0.1, -0.05) is 31.0 Å². The van der Waals surface area contributed by atoms with Gasteiger partial charge in [0.25, 0.3) is 5.91 Å². The number of phenols is 1. The SMILES string of the molecule is CN(C)[C@@H]1C(O)=C(C(N)=O)C(=O)[C@@]2(C)C(Oc3ccccc3)=C3C(=O)c4c(O)c(NC(=O)CNC5CCCC5)cc(F)c4C[C@H]3C[C@@H]12. The van der Waals surface area contributed by atoms with Crippen LogP contribution in [0.2, 0.25) is 0 Å². The zero-order valence-electron chi connectivity index (χ0n) is 26.6. The summed E-state index contributed by atoms with van der Waals surface area (Å²) in [5, 5.41) is 28.3. The van der Waals surface area contributed by atoms with Crippen molar-refractivity contribution in [3.63, 3.8) is 0 Å². The van der Waals surface area contributed by atoms with Gasteiger partial charge in [-0.25, -0.2) is 4.39 Å². The highest BCUT2D eigenvalue weighted by molar-refractivity contribution is 6.23. The first kappa shape index (κ1) is 32.4. The number of para-hydroxylation sites is 1. The second kappa shape index (κ2) is 12.2. The fraction of sp³-hybridized carbons (Fsp3) is 0.429. The third-order valence-electron chi connectivity index (χ3n) is 10.2. The lowest BCUT2D eigenvalue weighted by Crippen LogP contribution is -2.59. The summed E-state index contributed by atoms with van der Waals surface area (Å²) in [6.07, 6.45) is 4.19. The number of amides is 2. The lowest BCUT2D eigenvalue weighted by Gasteiger charge is -2.52. The minimum Gasteiger partial charge on any atom is -0.510 e. The van der Waals surface area contributed by atoms with E-state index in [1.54, 1.807) is 56.3 Å². The summed E-state index contributed by atoms with van der Waals surface area (Å²) in [5.41, 5.74) is 2.85. The number of carbonyl (C=O) groups excluding carboxylic acids is 4. The summed E-state index contributed by atoms with van der Waals surface area (Å²) in [7, 11) is 3.37. The van der Waals surface area contributed by atoms with Crippen molar-refractivity contribution in [1.82, 2.24) is 10.2 Å². The summed E-state index contributed by atoms with van der Waals surface area (Å²) < 4.78 is 22.2. The molecular weight excluding hydrogens is 607 g/mol. The molecular formula is C35H39FN4O7. The number of phenolic OH excluding ortho intramolecular Hbond substituents is 1. The number of nitrogens with zero attached hydrogens (tertiary/aromatic N) is 1. The molecule has 4 atom stereocenters. The average molecular weight is 647 g/mol. The molecule has 6 N–H and O–H groups in total. The Morgan fingerprint density at radius 3 is 2.45 bits per heavy atom. The number of aliphatic hydroxyl groups excluding tert-OH is 1. The Hall–Kier alpha value is -4.55. The number of likely N-dealkylation sites (N-methyl/N-ethyl adjacent to an activating group) is 1. The van der Waals surface area contributed by atoms with E-state index in [1.165, 1.54) is 0 Å². The molecule has 0 aliphatic heterocycles. The molecule has 4 aliphatic rings. The maximum absolute atomic E-state index is 15.8. The molecule has 2 aromatic rings. The van der Waals surface area contributed by atoms with E-state index in [-0.39, 0.29) is 53.6 Å². The topological polar surface area (TPSA) is 171 Å². The summed E-state index contributed by atoms with van der Waals surface area (Å²) in [6, 6.07) is 8.83. The van der Waals surface area contributed by atoms with Gasteiger partial charge < -0.3 is 31.3 Å². The van der Waals surface area contributed by atoms with Crippen LogP contribution in [0.5, 0.6) is 11.5 Å². The molecule has 2 amide bonds. The number of anilines is 1. The number of allylic oxidation sites excluding steroid dienone is 2. The lowest BCUT2D eigenvalue weighted by molar-refractivity contribution is -0.133. The number of aliphatic hydroxyl groups is 1. The first-order valence-electron chi connectivity index (χ1n) is 15.9. The number of hydrogen-bond acceptors (Lipinski definition) is 9. The first-order valence-corrected chi connectivity index (χ1v) is 15.9. The van der Waals surface area contributed by atoms with E-state index in [0.29, 0.717) is 5.75 Å². The standard InChI is InChI=1S/C35H39FN4O7/c1-35-21(28(40(2)3)31(44)27(32(35)45)34(37)46)14-17-13-20-22(36)15-23(39-24(41)16-38-18-9-7-8-10-18)29(42)26(20)30(43)25(17)33(35)47-19-11-5-4-6-12-19/h4-6,11-12,15,17-18,21,28,38,42,44H,7-10,13-14,16H2,1-3H3,(H2,37,46)(H,39,41)/t17-,21-,28-,35-/m0/s1. The molecule has 0 heterocycles. The molecule has 0 spiro atoms. The fourth-order valence-electron chi connectivity index (χ4n) is 7.97. The Morgan fingerprint density at radius 1 is 1.13 bits per heavy atom. The van der Waals surface area contributed by atoms with E-state index < -0.39 is 69.6 Å². The minimum atomic E-state index is -1.66. The number of nitrogens with two attached hydrogens (primary N) is 1. The van der Waals surface area contributed by atoms with Gasteiger partial charge >= 0.3 is 0 Å². The van der Waals surface area contributed by atoms with Crippen molar-refractivity contribution in [2.45, 2.75) is 57.5 Å². The lowest BCUT2D eigenvalue weighted by atomic mass is 9.54. The molecule has 0 unspecified atom stereocenters. The van der Waals surface area contributed by atoms with E-state index >= 15 is 4.39 Å². The zero-order valence-corrected chi connectivity index (χ0v) is 26.6. The van der Waals surface area contributed by atoms with Gasteiger partial charge in [0, 0.05) is 29.2 Å². The number of hydrogen-bond donors (Lipinski definition) is 5. The van der Waals surface area contributed by atoms with Gasteiger partial charge in [-0.05, 0) is 64.8 Å². The van der Waals surface area contributed by atoms with Crippen LogP contribution in [-0.2, 0) is 20.8 Å². The molecule has 12 heteroatoms. The van der Waals surface area contributed by atoms with Crippen molar-refractivity contribution in [2.24, 2.45) is 23.0 Å². The van der Waals surface area contributed by atoms with Gasteiger partial charge in [-0.15, -0.1) is 0 Å². The highest BCUT2D eigenvalue weighted by Gasteiger charge is 2.62. The van der Waals surface area contributed by atoms with Crippen LogP contribution in [0.15, 0.2) is 59.1 Å². The number of ketones is 2. The van der Waals surface area contributed by atoms with Crippen LogP contribution in [0, 0.1) is 23.1 Å². The van der Waals surface area contributed by atoms with E-state index in [4.69, 9.17) is 10.5 Å². The number of benzene rings is 2. The van der Waals surface area contributed by atoms with Crippen LogP contribution >= 0.6 is 0 Å². The Labute approximate surface area is 271 Å². The molecule has 1 saturated carbocycles. The third-order valence-corrected chi connectivity index (χ3v) is 10.2. The predicted octanol–water partition coefficient (Wildman–Crippen LogP) is 3.53. The van der Waals surface area contributed by atoms with Crippen LogP contribution < -0.4 is 21.1 Å². The molecule has 0 saturated heterocycles. The molecule has 1 fully saturated rings. The molecule has 47 heavy (non-hydrogen) atoms. The number of ether oxygens (including phenoxy) is 1. The summed E-state index contributed by atoms with van der Waals surface area (Å²) >= 11 is 0. The van der Waals surface area contributed by atoms with Crippen molar-refractivity contribution < 1.29 is 38.5 Å². The van der Waals surface area contributed by atoms with Crippen molar-refractivity contribution in [3.05, 3.63) is 76.0 Å². The maximum atomic E-state index is 15.8. The predicted molar refractivity (Wildman–Crippen MR) is 170 cm³/mol. The van der Waals surface area contributed by atoms with Gasteiger partial charge in [0.15, 0.2) is 17.3 Å². The average Bonchev–Trinajstić information content (AvgIpc) is 3.54. The number of halogens is 1. The van der Waals surface area contributed by atoms with Crippen LogP contribution in [0.4, 0.5) is 10.1 Å². The monoisotopic (exact) mass is 646 g/mol. The van der Waals surface area contributed by atoms with Gasteiger partial charge in [0.1, 0.15) is 28.7 Å². The highest BCUT2D eigenvalue weighted by Crippen LogP contribution is 2.57. The molecule has 2 aromatic carbocycles. The zero-order chi connectivity index (χ0) is 33.8. The van der Waals surface area contributed by atoms with Crippen LogP contribution in [0.25, 0.3) is 0 Å². The number of aromatic hydroxyl groups is 1. The number of Topliss-reactive ketones (excluding diaryl/α,β-unsaturated/α-hetero) is 2. The number of nitrogens with one attached hydrogen (secondary N) is 2. The van der Waals surface area contributed by atoms with Gasteiger partial charge in [-0.2, -0.15) is 0 Å². The first-order chi connectivity index (χ1) is 22.3. The van der Waals surface area contributed by atoms with Crippen molar-refractivity contribution >= 4 is 29.1 Å². The molecule has 248 valence electrons. The summed E-state index contributed by atoms with van der Waals surface area (Å²) in [4.78, 5) is 55.8. The molecule has 4 aliphatic carbocycles. The van der Waals surface area contributed by atoms with Crippen LogP contribution in [0.1, 0.15) is 54.9 Å². The summed E-state index contributed by atoms with van der Waals surface area (Å²) in [6.45, 7) is 1.51. The highest BCUT2D eigenvalue weighted by atomic mass is 19.1. The summed E-state index contributed by atoms with van der Waals surface area (Å²) in [5.74, 6) is -6.14. The second-order valence-corrected chi connectivity index (χ2v) is 13.3. The Balaban J connectivity index is 1.48. The largest absolute Gasteiger partial charge is 0.510 e. The smallest absolute Gasteiger partial charge is 0.255 e. The Morgan fingerprint density at radius 2 is 1.81 bits per heavy atom. The van der Waals surface area contributed by atoms with Crippen molar-refractivity contribution in [1.29, 1.82) is 0 Å². The molecule has 0 radical (unpaired) electrons. The van der Waals surface area contributed by atoms with Crippen molar-refractivity contribution in [3.8, 4) is 11.5 Å². The molecule has 0 bridgehead atoms.